The number of nitrogens with zero attached hydrogens (tertiary/aromatic N) is 1. The molecule has 2 aromatic rings. The molecule has 0 saturated heterocycles. The van der Waals surface area contributed by atoms with Gasteiger partial charge in [0, 0.05) is 6.54 Å². The van der Waals surface area contributed by atoms with E-state index in [1.807, 2.05) is 39.6 Å². The highest BCUT2D eigenvalue weighted by Gasteiger charge is 2.20. The molecular weight excluding hydrogens is 343 g/mol. The first-order valence-electron chi connectivity index (χ1n) is 9.13. The van der Waals surface area contributed by atoms with Gasteiger partial charge in [0.2, 0.25) is 5.91 Å². The van der Waals surface area contributed by atoms with E-state index in [0.717, 1.165) is 28.0 Å². The van der Waals surface area contributed by atoms with Crippen LogP contribution < -0.4 is 10.1 Å². The predicted octanol–water partition coefficient (Wildman–Crippen LogP) is 4.15. The van der Waals surface area contributed by atoms with Gasteiger partial charge in [-0.3, -0.25) is 9.69 Å². The second kappa shape index (κ2) is 9.00. The molecule has 1 amide bonds. The molecule has 2 rings (SSSR count). The molecule has 2 atom stereocenters. The molecule has 4 nitrogen and oxygen atoms in total. The van der Waals surface area contributed by atoms with Gasteiger partial charge in [-0.15, -0.1) is 0 Å². The molecule has 0 fully saturated rings. The Bertz CT molecular complexity index is 766. The molecule has 0 aliphatic carbocycles. The van der Waals surface area contributed by atoms with Crippen LogP contribution in [0.15, 0.2) is 36.4 Å². The summed E-state index contributed by atoms with van der Waals surface area (Å²) in [5.74, 6) is 0.562. The topological polar surface area (TPSA) is 41.6 Å². The van der Waals surface area contributed by atoms with Gasteiger partial charge in [0.1, 0.15) is 11.6 Å². The van der Waals surface area contributed by atoms with Crippen LogP contribution in [0.3, 0.4) is 0 Å². The van der Waals surface area contributed by atoms with E-state index in [2.05, 4.69) is 17.4 Å². The number of carbonyl (C=O) groups is 1. The summed E-state index contributed by atoms with van der Waals surface area (Å²) in [5.41, 5.74) is 4.19. The van der Waals surface area contributed by atoms with Gasteiger partial charge in [-0.1, -0.05) is 24.3 Å². The first-order chi connectivity index (χ1) is 12.7. The van der Waals surface area contributed by atoms with Crippen LogP contribution in [-0.2, 0) is 11.3 Å². The van der Waals surface area contributed by atoms with E-state index < -0.39 is 0 Å². The summed E-state index contributed by atoms with van der Waals surface area (Å²) in [6.07, 6.45) is 0. The van der Waals surface area contributed by atoms with Crippen LogP contribution in [0, 0.1) is 19.7 Å². The minimum atomic E-state index is -0.296. The van der Waals surface area contributed by atoms with Crippen LogP contribution in [0.4, 0.5) is 4.39 Å². The fourth-order valence-corrected chi connectivity index (χ4v) is 3.25. The number of aryl methyl sites for hydroxylation is 2. The van der Waals surface area contributed by atoms with Gasteiger partial charge in [0.15, 0.2) is 0 Å². The zero-order valence-electron chi connectivity index (χ0n) is 17.0. The number of likely N-dealkylation sites (N-methyl/N-ethyl adjacent to an activating group) is 1. The van der Waals surface area contributed by atoms with E-state index >= 15 is 0 Å². The lowest BCUT2D eigenvalue weighted by Gasteiger charge is -2.26. The highest BCUT2D eigenvalue weighted by molar-refractivity contribution is 5.81. The third-order valence-corrected chi connectivity index (χ3v) is 4.93. The van der Waals surface area contributed by atoms with Gasteiger partial charge in [-0.25, -0.2) is 4.39 Å². The van der Waals surface area contributed by atoms with Crippen molar-refractivity contribution in [3.63, 3.8) is 0 Å². The minimum absolute atomic E-state index is 0.0590. The fraction of sp³-hybridized carbons (Fsp3) is 0.409. The summed E-state index contributed by atoms with van der Waals surface area (Å²) in [6, 6.07) is 9.90. The van der Waals surface area contributed by atoms with Crippen molar-refractivity contribution in [3.05, 3.63) is 64.5 Å². The normalized spacial score (nSPS) is 13.3. The van der Waals surface area contributed by atoms with Crippen molar-refractivity contribution in [1.29, 1.82) is 0 Å². The van der Waals surface area contributed by atoms with E-state index in [4.69, 9.17) is 4.74 Å². The monoisotopic (exact) mass is 372 g/mol. The lowest BCUT2D eigenvalue weighted by molar-refractivity contribution is -0.126. The molecule has 0 bridgehead atoms. The Morgan fingerprint density at radius 1 is 1.15 bits per heavy atom. The standard InChI is InChI=1S/C22H29FN2O2/c1-14-11-18(12-15(2)21(14)27-6)13-25(5)17(4)22(26)24-16(3)19-7-9-20(23)10-8-19/h7-12,16-17H,13H2,1-6H3,(H,24,26). The summed E-state index contributed by atoms with van der Waals surface area (Å²) in [6.45, 7) is 8.49. The summed E-state index contributed by atoms with van der Waals surface area (Å²) >= 11 is 0. The Morgan fingerprint density at radius 3 is 2.22 bits per heavy atom. The third-order valence-electron chi connectivity index (χ3n) is 4.93. The van der Waals surface area contributed by atoms with Gasteiger partial charge in [0.25, 0.3) is 0 Å². The van der Waals surface area contributed by atoms with Crippen molar-refractivity contribution in [2.45, 2.75) is 46.3 Å². The first kappa shape index (κ1) is 20.9. The Hall–Kier alpha value is -2.40. The molecular formula is C22H29FN2O2. The smallest absolute Gasteiger partial charge is 0.237 e. The molecule has 0 aromatic heterocycles. The molecule has 0 radical (unpaired) electrons. The Morgan fingerprint density at radius 2 is 1.70 bits per heavy atom. The summed E-state index contributed by atoms with van der Waals surface area (Å²) in [5, 5.41) is 3.00. The molecule has 0 saturated carbocycles. The number of carbonyl (C=O) groups excluding carboxylic acids is 1. The van der Waals surface area contributed by atoms with Gasteiger partial charge in [-0.2, -0.15) is 0 Å². The Labute approximate surface area is 161 Å². The number of hydrogen-bond donors (Lipinski definition) is 1. The third kappa shape index (κ3) is 5.30. The van der Waals surface area contributed by atoms with Crippen LogP contribution in [0.1, 0.15) is 42.1 Å². The molecule has 146 valence electrons. The second-order valence-electron chi connectivity index (χ2n) is 7.14. The summed E-state index contributed by atoms with van der Waals surface area (Å²) in [7, 11) is 3.61. The number of ether oxygens (including phenoxy) is 1. The maximum Gasteiger partial charge on any atom is 0.237 e. The van der Waals surface area contributed by atoms with E-state index in [1.165, 1.54) is 12.1 Å². The number of nitrogens with one attached hydrogen (secondary N) is 1. The molecule has 0 aliphatic rings. The van der Waals surface area contributed by atoms with Crippen molar-refractivity contribution in [1.82, 2.24) is 10.2 Å². The van der Waals surface area contributed by atoms with Crippen LogP contribution in [-0.4, -0.2) is 31.0 Å². The Kier molecular flexibility index (Phi) is 6.97. The van der Waals surface area contributed by atoms with Gasteiger partial charge >= 0.3 is 0 Å². The lowest BCUT2D eigenvalue weighted by Crippen LogP contribution is -2.43. The van der Waals surface area contributed by atoms with Gasteiger partial charge in [-0.05, 0) is 69.1 Å². The summed E-state index contributed by atoms with van der Waals surface area (Å²) < 4.78 is 18.5. The number of rotatable bonds is 7. The molecule has 0 spiro atoms. The van der Waals surface area contributed by atoms with Crippen LogP contribution in [0.5, 0.6) is 5.75 Å². The maximum atomic E-state index is 13.1. The van der Waals surface area contributed by atoms with Crippen molar-refractivity contribution in [2.75, 3.05) is 14.2 Å². The summed E-state index contributed by atoms with van der Waals surface area (Å²) in [4.78, 5) is 14.6. The van der Waals surface area contributed by atoms with Crippen LogP contribution >= 0.6 is 0 Å². The maximum absolute atomic E-state index is 13.1. The lowest BCUT2D eigenvalue weighted by atomic mass is 10.0. The average Bonchev–Trinajstić information content (AvgIpc) is 2.61. The molecule has 27 heavy (non-hydrogen) atoms. The van der Waals surface area contributed by atoms with Crippen molar-refractivity contribution < 1.29 is 13.9 Å². The van der Waals surface area contributed by atoms with Crippen molar-refractivity contribution in [2.24, 2.45) is 0 Å². The molecule has 0 aliphatic heterocycles. The highest BCUT2D eigenvalue weighted by atomic mass is 19.1. The number of amides is 1. The molecule has 0 heterocycles. The van der Waals surface area contributed by atoms with Crippen LogP contribution in [0.25, 0.3) is 0 Å². The SMILES string of the molecule is COc1c(C)cc(CN(C)C(C)C(=O)NC(C)c2ccc(F)cc2)cc1C. The number of hydrogen-bond acceptors (Lipinski definition) is 3. The molecule has 1 N–H and O–H groups in total. The van der Waals surface area contributed by atoms with Crippen molar-refractivity contribution in [3.8, 4) is 5.75 Å². The molecule has 2 aromatic carbocycles. The number of methoxy groups -OCH3 is 1. The van der Waals surface area contributed by atoms with E-state index in [0.29, 0.717) is 6.54 Å². The van der Waals surface area contributed by atoms with Gasteiger partial charge < -0.3 is 10.1 Å². The van der Waals surface area contributed by atoms with E-state index in [9.17, 15) is 9.18 Å². The van der Waals surface area contributed by atoms with E-state index in [-0.39, 0.29) is 23.8 Å². The zero-order valence-corrected chi connectivity index (χ0v) is 17.0. The number of halogens is 1. The zero-order chi connectivity index (χ0) is 20.1. The molecule has 2 unspecified atom stereocenters. The average molecular weight is 372 g/mol. The molecule has 5 heteroatoms. The fourth-order valence-electron chi connectivity index (χ4n) is 3.25. The highest BCUT2D eigenvalue weighted by Crippen LogP contribution is 2.25. The van der Waals surface area contributed by atoms with Gasteiger partial charge in [0.05, 0.1) is 19.2 Å². The second-order valence-corrected chi connectivity index (χ2v) is 7.14. The Balaban J connectivity index is 2.00. The van der Waals surface area contributed by atoms with Crippen molar-refractivity contribution >= 4 is 5.91 Å². The number of benzene rings is 2. The van der Waals surface area contributed by atoms with Crippen LogP contribution in [0.2, 0.25) is 0 Å². The quantitative estimate of drug-likeness (QED) is 0.794. The minimum Gasteiger partial charge on any atom is -0.496 e. The first-order valence-corrected chi connectivity index (χ1v) is 9.13. The van der Waals surface area contributed by atoms with E-state index in [1.54, 1.807) is 19.2 Å². The predicted molar refractivity (Wildman–Crippen MR) is 106 cm³/mol. The largest absolute Gasteiger partial charge is 0.496 e.